The van der Waals surface area contributed by atoms with E-state index in [0.717, 1.165) is 44.2 Å². The van der Waals surface area contributed by atoms with Crippen LogP contribution in [0.1, 0.15) is 18.9 Å². The summed E-state index contributed by atoms with van der Waals surface area (Å²) in [5.74, 6) is 1.15. The van der Waals surface area contributed by atoms with Crippen LogP contribution >= 0.6 is 11.3 Å². The lowest BCUT2D eigenvalue weighted by Gasteiger charge is -2.37. The van der Waals surface area contributed by atoms with Crippen molar-refractivity contribution in [1.29, 1.82) is 0 Å². The minimum absolute atomic E-state index is 0.0995. The first-order valence-electron chi connectivity index (χ1n) is 10.1. The van der Waals surface area contributed by atoms with Gasteiger partial charge in [0.1, 0.15) is 0 Å². The average Bonchev–Trinajstić information content (AvgIpc) is 3.26. The van der Waals surface area contributed by atoms with Gasteiger partial charge in [-0.15, -0.1) is 11.3 Å². The zero-order chi connectivity index (χ0) is 20.5. The van der Waals surface area contributed by atoms with Crippen LogP contribution < -0.4 is 10.2 Å². The number of aliphatic imine (C=N–C) groups is 1. The fourth-order valence-corrected chi connectivity index (χ4v) is 5.58. The fraction of sp³-hybridized carbons (Fsp3) is 0.476. The molecule has 0 atom stereocenters. The molecule has 2 aromatic rings. The van der Waals surface area contributed by atoms with Crippen molar-refractivity contribution in [2.75, 3.05) is 49.9 Å². The molecule has 0 aliphatic carbocycles. The summed E-state index contributed by atoms with van der Waals surface area (Å²) >= 11 is 1.77. The molecule has 1 aliphatic rings. The quantitative estimate of drug-likeness (QED) is 0.393. The van der Waals surface area contributed by atoms with E-state index in [1.165, 1.54) is 5.00 Å². The Labute approximate surface area is 178 Å². The van der Waals surface area contributed by atoms with E-state index in [9.17, 15) is 8.42 Å². The lowest BCUT2D eigenvalue weighted by atomic mass is 10.2. The van der Waals surface area contributed by atoms with Crippen molar-refractivity contribution in [3.63, 3.8) is 0 Å². The molecule has 1 aromatic heterocycles. The molecule has 158 valence electrons. The summed E-state index contributed by atoms with van der Waals surface area (Å²) in [6.45, 7) is 7.14. The van der Waals surface area contributed by atoms with Gasteiger partial charge in [-0.1, -0.05) is 30.3 Å². The zero-order valence-corrected chi connectivity index (χ0v) is 18.6. The largest absolute Gasteiger partial charge is 0.360 e. The second-order valence-electron chi connectivity index (χ2n) is 7.09. The zero-order valence-electron chi connectivity index (χ0n) is 17.0. The highest BCUT2D eigenvalue weighted by atomic mass is 32.2. The number of hydrogen-bond donors (Lipinski definition) is 1. The third kappa shape index (κ3) is 6.75. The number of rotatable bonds is 8. The van der Waals surface area contributed by atoms with Gasteiger partial charge in [0.2, 0.25) is 0 Å². The van der Waals surface area contributed by atoms with Crippen molar-refractivity contribution >= 4 is 32.1 Å². The molecule has 0 bridgehead atoms. The Kier molecular flexibility index (Phi) is 7.94. The highest BCUT2D eigenvalue weighted by Gasteiger charge is 2.20. The number of sulfone groups is 1. The average molecular weight is 435 g/mol. The standard InChI is InChI=1S/C21H30N4O2S2/c1-2-22-21(25-14-12-24(13-15-25)20-10-6-16-28-20)23-11-7-17-29(26,27)18-19-8-4-3-5-9-19/h3-6,8-10,16H,2,7,11-15,17-18H2,1H3,(H,22,23). The summed E-state index contributed by atoms with van der Waals surface area (Å²) < 4.78 is 24.7. The number of hydrogen-bond acceptors (Lipinski definition) is 5. The summed E-state index contributed by atoms with van der Waals surface area (Å²) in [6.07, 6.45) is 0.541. The summed E-state index contributed by atoms with van der Waals surface area (Å²) in [7, 11) is -3.11. The molecule has 1 saturated heterocycles. The van der Waals surface area contributed by atoms with Crippen LogP contribution in [-0.2, 0) is 15.6 Å². The van der Waals surface area contributed by atoms with E-state index in [2.05, 4.69) is 44.5 Å². The Hall–Kier alpha value is -2.06. The second kappa shape index (κ2) is 10.6. The Morgan fingerprint density at radius 1 is 1.10 bits per heavy atom. The van der Waals surface area contributed by atoms with Gasteiger partial charge in [-0.25, -0.2) is 8.42 Å². The number of piperazine rings is 1. The monoisotopic (exact) mass is 434 g/mol. The topological polar surface area (TPSA) is 65.0 Å². The predicted molar refractivity (Wildman–Crippen MR) is 123 cm³/mol. The van der Waals surface area contributed by atoms with Gasteiger partial charge in [0.05, 0.1) is 16.5 Å². The highest BCUT2D eigenvalue weighted by Crippen LogP contribution is 2.22. The van der Waals surface area contributed by atoms with Crippen LogP contribution in [0.25, 0.3) is 0 Å². The minimum Gasteiger partial charge on any atom is -0.360 e. The maximum Gasteiger partial charge on any atom is 0.194 e. The summed E-state index contributed by atoms with van der Waals surface area (Å²) in [5, 5.41) is 6.78. The highest BCUT2D eigenvalue weighted by molar-refractivity contribution is 7.90. The Bertz CT molecular complexity index is 859. The molecule has 2 heterocycles. The molecule has 0 saturated carbocycles. The maximum atomic E-state index is 12.3. The van der Waals surface area contributed by atoms with Gasteiger partial charge in [0, 0.05) is 39.3 Å². The first-order chi connectivity index (χ1) is 14.1. The lowest BCUT2D eigenvalue weighted by Crippen LogP contribution is -2.52. The third-order valence-electron chi connectivity index (χ3n) is 4.84. The molecule has 0 radical (unpaired) electrons. The molecule has 6 nitrogen and oxygen atoms in total. The van der Waals surface area contributed by atoms with E-state index >= 15 is 0 Å². The van der Waals surface area contributed by atoms with Crippen LogP contribution in [0, 0.1) is 0 Å². The molecule has 0 amide bonds. The molecule has 1 aliphatic heterocycles. The SMILES string of the molecule is CCNC(=NCCCS(=O)(=O)Cc1ccccc1)N1CCN(c2cccs2)CC1. The number of anilines is 1. The van der Waals surface area contributed by atoms with Gasteiger partial charge in [-0.2, -0.15) is 0 Å². The maximum absolute atomic E-state index is 12.3. The van der Waals surface area contributed by atoms with E-state index in [-0.39, 0.29) is 11.5 Å². The number of guanidine groups is 1. The van der Waals surface area contributed by atoms with Crippen molar-refractivity contribution in [3.05, 3.63) is 53.4 Å². The van der Waals surface area contributed by atoms with Gasteiger partial charge < -0.3 is 15.1 Å². The van der Waals surface area contributed by atoms with E-state index in [0.29, 0.717) is 13.0 Å². The normalized spacial score (nSPS) is 15.6. The molecule has 8 heteroatoms. The summed E-state index contributed by atoms with van der Waals surface area (Å²) in [4.78, 5) is 9.36. The molecule has 1 aromatic carbocycles. The molecular formula is C21H30N4O2S2. The lowest BCUT2D eigenvalue weighted by molar-refractivity contribution is 0.373. The van der Waals surface area contributed by atoms with E-state index < -0.39 is 9.84 Å². The summed E-state index contributed by atoms with van der Waals surface area (Å²) in [6, 6.07) is 13.6. The minimum atomic E-state index is -3.11. The van der Waals surface area contributed by atoms with Crippen LogP contribution in [0.4, 0.5) is 5.00 Å². The molecular weight excluding hydrogens is 404 g/mol. The molecule has 1 N–H and O–H groups in total. The van der Waals surface area contributed by atoms with E-state index in [1.807, 2.05) is 30.3 Å². The molecule has 3 rings (SSSR count). The van der Waals surface area contributed by atoms with Crippen LogP contribution in [0.5, 0.6) is 0 Å². The van der Waals surface area contributed by atoms with Crippen LogP contribution in [0.2, 0.25) is 0 Å². The van der Waals surface area contributed by atoms with Crippen molar-refractivity contribution in [1.82, 2.24) is 10.2 Å². The molecule has 0 spiro atoms. The number of nitrogens with zero attached hydrogens (tertiary/aromatic N) is 3. The third-order valence-corrected chi connectivity index (χ3v) is 7.45. The second-order valence-corrected chi connectivity index (χ2v) is 10.2. The van der Waals surface area contributed by atoms with Crippen LogP contribution in [0.15, 0.2) is 52.8 Å². The predicted octanol–water partition coefficient (Wildman–Crippen LogP) is 2.84. The Morgan fingerprint density at radius 2 is 1.86 bits per heavy atom. The molecule has 29 heavy (non-hydrogen) atoms. The van der Waals surface area contributed by atoms with Crippen LogP contribution in [0.3, 0.4) is 0 Å². The van der Waals surface area contributed by atoms with Crippen molar-refractivity contribution < 1.29 is 8.42 Å². The first-order valence-corrected chi connectivity index (χ1v) is 12.8. The number of nitrogens with one attached hydrogen (secondary N) is 1. The number of benzene rings is 1. The molecule has 0 unspecified atom stereocenters. The van der Waals surface area contributed by atoms with E-state index in [1.54, 1.807) is 11.3 Å². The van der Waals surface area contributed by atoms with E-state index in [4.69, 9.17) is 0 Å². The van der Waals surface area contributed by atoms with Crippen molar-refractivity contribution in [3.8, 4) is 0 Å². The molecule has 1 fully saturated rings. The van der Waals surface area contributed by atoms with Crippen molar-refractivity contribution in [2.24, 2.45) is 4.99 Å². The van der Waals surface area contributed by atoms with Crippen LogP contribution in [-0.4, -0.2) is 64.3 Å². The Morgan fingerprint density at radius 3 is 2.52 bits per heavy atom. The summed E-state index contributed by atoms with van der Waals surface area (Å²) in [5.41, 5.74) is 0.841. The van der Waals surface area contributed by atoms with Crippen molar-refractivity contribution in [2.45, 2.75) is 19.1 Å². The Balaban J connectivity index is 1.48. The van der Waals surface area contributed by atoms with Gasteiger partial charge >= 0.3 is 0 Å². The van der Waals surface area contributed by atoms with Gasteiger partial charge in [-0.05, 0) is 36.4 Å². The number of thiophene rings is 1. The van der Waals surface area contributed by atoms with Gasteiger partial charge in [0.15, 0.2) is 15.8 Å². The fourth-order valence-electron chi connectivity index (χ4n) is 3.38. The smallest absolute Gasteiger partial charge is 0.194 e. The van der Waals surface area contributed by atoms with Gasteiger partial charge in [-0.3, -0.25) is 4.99 Å². The van der Waals surface area contributed by atoms with Gasteiger partial charge in [0.25, 0.3) is 0 Å². The first kappa shape index (κ1) is 21.6.